The number of hydrogen-bond donors (Lipinski definition) is 1. The largest absolute Gasteiger partial charge is 0.449 e. The lowest BCUT2D eigenvalue weighted by Gasteiger charge is -1.91. The maximum Gasteiger partial charge on any atom is 0.219 e. The first kappa shape index (κ1) is 5.88. The molecular weight excluding hydrogens is 118 g/mol. The average molecular weight is 124 g/mol. The highest BCUT2D eigenvalue weighted by Crippen LogP contribution is 2.04. The molecule has 1 radical (unpaired) electrons. The van der Waals surface area contributed by atoms with Crippen LogP contribution < -0.4 is 5.32 Å². The predicted octanol–water partition coefficient (Wildman–Crippen LogP) is 0.801. The molecule has 0 atom stereocenters. The second-order valence-corrected chi connectivity index (χ2v) is 1.48. The molecule has 1 N–H and O–H groups in total. The van der Waals surface area contributed by atoms with Crippen molar-refractivity contribution in [3.63, 3.8) is 0 Å². The second-order valence-electron chi connectivity index (χ2n) is 1.48. The number of carbonyl (C=O) groups excluding carboxylic acids is 1. The summed E-state index contributed by atoms with van der Waals surface area (Å²) in [6.07, 6.45) is 3.22. The lowest BCUT2D eigenvalue weighted by molar-refractivity contribution is 0.553. The van der Waals surface area contributed by atoms with Crippen LogP contribution in [0, 0.1) is 0 Å². The van der Waals surface area contributed by atoms with E-state index >= 15 is 0 Å². The molecule has 0 amide bonds. The van der Waals surface area contributed by atoms with Gasteiger partial charge in [-0.1, -0.05) is 0 Å². The van der Waals surface area contributed by atoms with Crippen LogP contribution >= 0.6 is 0 Å². The highest BCUT2D eigenvalue weighted by atomic mass is 16.3. The van der Waals surface area contributed by atoms with Gasteiger partial charge in [-0.05, 0) is 6.07 Å². The Morgan fingerprint density at radius 3 is 3.22 bits per heavy atom. The molecule has 0 aliphatic heterocycles. The third-order valence-corrected chi connectivity index (χ3v) is 0.856. The molecule has 1 aromatic heterocycles. The zero-order chi connectivity index (χ0) is 6.53. The van der Waals surface area contributed by atoms with Crippen molar-refractivity contribution in [3.05, 3.63) is 18.4 Å². The molecule has 1 rings (SSSR count). The van der Waals surface area contributed by atoms with Crippen LogP contribution in [0.1, 0.15) is 0 Å². The Morgan fingerprint density at radius 1 is 1.78 bits per heavy atom. The van der Waals surface area contributed by atoms with Crippen LogP contribution in [0.5, 0.6) is 0 Å². The Hall–Kier alpha value is -1.25. The van der Waals surface area contributed by atoms with Crippen LogP contribution in [0.3, 0.4) is 0 Å². The van der Waals surface area contributed by atoms with Gasteiger partial charge in [-0.2, -0.15) is 0 Å². The Kier molecular flexibility index (Phi) is 1.90. The molecule has 47 valence electrons. The summed E-state index contributed by atoms with van der Waals surface area (Å²) in [6.45, 7) is 0.174. The topological polar surface area (TPSA) is 42.2 Å². The molecule has 1 heterocycles. The molecule has 0 fully saturated rings. The van der Waals surface area contributed by atoms with Crippen molar-refractivity contribution in [1.82, 2.24) is 0 Å². The van der Waals surface area contributed by atoms with E-state index in [2.05, 4.69) is 5.32 Å². The van der Waals surface area contributed by atoms with E-state index in [1.807, 2.05) is 0 Å². The first-order valence-corrected chi connectivity index (χ1v) is 2.56. The van der Waals surface area contributed by atoms with Gasteiger partial charge >= 0.3 is 0 Å². The third-order valence-electron chi connectivity index (χ3n) is 0.856. The molecule has 0 bridgehead atoms. The van der Waals surface area contributed by atoms with Gasteiger partial charge in [-0.3, -0.25) is 4.79 Å². The molecule has 0 aliphatic carbocycles. The van der Waals surface area contributed by atoms with Crippen molar-refractivity contribution in [1.29, 1.82) is 0 Å². The maximum absolute atomic E-state index is 9.67. The zero-order valence-corrected chi connectivity index (χ0v) is 4.76. The van der Waals surface area contributed by atoms with Crippen LogP contribution in [-0.2, 0) is 4.79 Å². The summed E-state index contributed by atoms with van der Waals surface area (Å²) >= 11 is 0. The van der Waals surface area contributed by atoms with Crippen molar-refractivity contribution in [2.75, 3.05) is 11.9 Å². The number of anilines is 1. The quantitative estimate of drug-likeness (QED) is 0.648. The molecule has 0 spiro atoms. The van der Waals surface area contributed by atoms with E-state index in [1.54, 1.807) is 18.4 Å². The Labute approximate surface area is 52.7 Å². The fourth-order valence-electron chi connectivity index (χ4n) is 0.502. The van der Waals surface area contributed by atoms with E-state index in [4.69, 9.17) is 4.42 Å². The lowest BCUT2D eigenvalue weighted by atomic mass is 10.6. The van der Waals surface area contributed by atoms with Gasteiger partial charge in [0.1, 0.15) is 0 Å². The van der Waals surface area contributed by atoms with Crippen molar-refractivity contribution in [2.24, 2.45) is 0 Å². The van der Waals surface area contributed by atoms with Crippen molar-refractivity contribution in [2.45, 2.75) is 0 Å². The minimum atomic E-state index is 0.174. The molecular formula is C6H6NO2. The summed E-state index contributed by atoms with van der Waals surface area (Å²) in [5.74, 6) is 0.596. The summed E-state index contributed by atoms with van der Waals surface area (Å²) < 4.78 is 4.85. The van der Waals surface area contributed by atoms with Crippen LogP contribution in [0.15, 0.2) is 22.8 Å². The molecule has 1 aromatic rings. The minimum absolute atomic E-state index is 0.174. The Balaban J connectivity index is 2.38. The molecule has 0 aromatic carbocycles. The van der Waals surface area contributed by atoms with Gasteiger partial charge in [0, 0.05) is 6.07 Å². The fraction of sp³-hybridized carbons (Fsp3) is 0.167. The summed E-state index contributed by atoms with van der Waals surface area (Å²) in [6, 6.07) is 3.48. The van der Waals surface area contributed by atoms with Gasteiger partial charge in [0.15, 0.2) is 5.88 Å². The van der Waals surface area contributed by atoms with Gasteiger partial charge in [0.2, 0.25) is 6.29 Å². The normalized spacial score (nSPS) is 8.89. The van der Waals surface area contributed by atoms with E-state index in [9.17, 15) is 4.79 Å². The summed E-state index contributed by atoms with van der Waals surface area (Å²) in [5.41, 5.74) is 0. The maximum atomic E-state index is 9.67. The van der Waals surface area contributed by atoms with Crippen LogP contribution in [0.4, 0.5) is 5.88 Å². The standard InChI is InChI=1S/C6H6NO2/c8-4-3-7-6-2-1-5-9-6/h1-2,5,7H,3H2. The average Bonchev–Trinajstić information content (AvgIpc) is 2.34. The van der Waals surface area contributed by atoms with E-state index in [-0.39, 0.29) is 6.54 Å². The monoisotopic (exact) mass is 124 g/mol. The van der Waals surface area contributed by atoms with E-state index < -0.39 is 0 Å². The molecule has 0 unspecified atom stereocenters. The SMILES string of the molecule is O=[C]CNc1ccco1. The van der Waals surface area contributed by atoms with Crippen molar-refractivity contribution in [3.8, 4) is 0 Å². The zero-order valence-electron chi connectivity index (χ0n) is 4.76. The van der Waals surface area contributed by atoms with Gasteiger partial charge in [0.05, 0.1) is 12.8 Å². The Bertz CT molecular complexity index is 169. The number of nitrogens with one attached hydrogen (secondary N) is 1. The molecule has 9 heavy (non-hydrogen) atoms. The second kappa shape index (κ2) is 2.91. The highest BCUT2D eigenvalue weighted by molar-refractivity contribution is 5.57. The number of hydrogen-bond acceptors (Lipinski definition) is 3. The fourth-order valence-corrected chi connectivity index (χ4v) is 0.502. The predicted molar refractivity (Wildman–Crippen MR) is 32.9 cm³/mol. The smallest absolute Gasteiger partial charge is 0.219 e. The van der Waals surface area contributed by atoms with Crippen molar-refractivity contribution >= 4 is 12.2 Å². The molecule has 0 saturated heterocycles. The molecule has 0 saturated carbocycles. The van der Waals surface area contributed by atoms with E-state index in [0.29, 0.717) is 5.88 Å². The van der Waals surface area contributed by atoms with Gasteiger partial charge in [0.25, 0.3) is 0 Å². The Morgan fingerprint density at radius 2 is 2.67 bits per heavy atom. The van der Waals surface area contributed by atoms with Crippen molar-refractivity contribution < 1.29 is 9.21 Å². The minimum Gasteiger partial charge on any atom is -0.449 e. The first-order valence-electron chi connectivity index (χ1n) is 2.56. The summed E-state index contributed by atoms with van der Waals surface area (Å²) in [4.78, 5) is 9.67. The molecule has 0 aliphatic rings. The molecule has 3 nitrogen and oxygen atoms in total. The molecule has 3 heteroatoms. The van der Waals surface area contributed by atoms with Gasteiger partial charge in [-0.15, -0.1) is 0 Å². The summed E-state index contributed by atoms with van der Waals surface area (Å²) in [7, 11) is 0. The number of furan rings is 1. The summed E-state index contributed by atoms with van der Waals surface area (Å²) in [5, 5.41) is 2.68. The first-order chi connectivity index (χ1) is 4.43. The highest BCUT2D eigenvalue weighted by Gasteiger charge is 1.89. The third kappa shape index (κ3) is 1.60. The van der Waals surface area contributed by atoms with E-state index in [1.165, 1.54) is 6.26 Å². The van der Waals surface area contributed by atoms with Gasteiger partial charge in [-0.25, -0.2) is 0 Å². The number of rotatable bonds is 3. The van der Waals surface area contributed by atoms with Crippen LogP contribution in [0.2, 0.25) is 0 Å². The lowest BCUT2D eigenvalue weighted by Crippen LogP contribution is -1.99. The van der Waals surface area contributed by atoms with E-state index in [0.717, 1.165) is 0 Å². The van der Waals surface area contributed by atoms with Crippen LogP contribution in [-0.4, -0.2) is 12.8 Å². The van der Waals surface area contributed by atoms with Gasteiger partial charge < -0.3 is 9.73 Å². The van der Waals surface area contributed by atoms with Crippen LogP contribution in [0.25, 0.3) is 0 Å².